The number of amides is 1. The largest absolute Gasteiger partial charge is 0.379 e. The van der Waals surface area contributed by atoms with Crippen LogP contribution in [0.5, 0.6) is 0 Å². The van der Waals surface area contributed by atoms with E-state index in [1.54, 1.807) is 22.9 Å². The summed E-state index contributed by atoms with van der Waals surface area (Å²) in [6.45, 7) is 7.36. The molecule has 1 saturated carbocycles. The maximum atomic E-state index is 13.0. The number of nitrogens with zero attached hydrogens (tertiary/aromatic N) is 5. The van der Waals surface area contributed by atoms with Crippen LogP contribution in [0.1, 0.15) is 49.1 Å². The Morgan fingerprint density at radius 2 is 2.00 bits per heavy atom. The van der Waals surface area contributed by atoms with Gasteiger partial charge in [-0.05, 0) is 44.4 Å². The van der Waals surface area contributed by atoms with Crippen molar-refractivity contribution in [1.82, 2.24) is 34.3 Å². The van der Waals surface area contributed by atoms with Crippen molar-refractivity contribution in [3.8, 4) is 11.4 Å². The molecule has 0 aromatic carbocycles. The van der Waals surface area contributed by atoms with E-state index in [1.807, 2.05) is 6.92 Å². The van der Waals surface area contributed by atoms with Crippen LogP contribution < -0.4 is 16.6 Å². The number of fused-ring (bicyclic) bond motifs is 1. The van der Waals surface area contributed by atoms with E-state index in [-0.39, 0.29) is 23.2 Å². The monoisotopic (exact) mass is 481 g/mol. The molecule has 2 aliphatic rings. The second kappa shape index (κ2) is 10.1. The van der Waals surface area contributed by atoms with Gasteiger partial charge < -0.3 is 15.0 Å². The first-order chi connectivity index (χ1) is 17.1. The molecule has 1 aliphatic heterocycles. The summed E-state index contributed by atoms with van der Waals surface area (Å²) in [7, 11) is 0. The van der Waals surface area contributed by atoms with E-state index in [0.717, 1.165) is 58.5 Å². The van der Waals surface area contributed by atoms with Gasteiger partial charge in [-0.2, -0.15) is 0 Å². The molecule has 0 atom stereocenters. The van der Waals surface area contributed by atoms with Gasteiger partial charge in [-0.25, -0.2) is 9.78 Å². The minimum absolute atomic E-state index is 0.0254. The summed E-state index contributed by atoms with van der Waals surface area (Å²) < 4.78 is 8.27. The summed E-state index contributed by atoms with van der Waals surface area (Å²) in [5.41, 5.74) is 0.995. The number of morpholine rings is 1. The van der Waals surface area contributed by atoms with Crippen LogP contribution in [0.15, 0.2) is 27.9 Å². The predicted molar refractivity (Wildman–Crippen MR) is 131 cm³/mol. The molecule has 0 radical (unpaired) electrons. The number of rotatable bonds is 9. The quantitative estimate of drug-likeness (QED) is 0.439. The standard InChI is InChI=1S/C24H31N7O4/c1-2-9-30-21-19(23(33)31(24(30)34)17-5-6-17)27-20(28-21)16-4-7-18(26-15-16)22(32)25-8-3-10-29-11-13-35-14-12-29/h4,7,15,17H,2-3,5-6,8-14H2,1H3,(H,25,32)(H,27,28). The molecular weight excluding hydrogens is 450 g/mol. The molecule has 4 heterocycles. The third-order valence-corrected chi connectivity index (χ3v) is 6.48. The molecule has 11 heteroatoms. The van der Waals surface area contributed by atoms with Crippen molar-refractivity contribution in [3.63, 3.8) is 0 Å². The number of aromatic nitrogens is 5. The predicted octanol–water partition coefficient (Wildman–Crippen LogP) is 1.15. The van der Waals surface area contributed by atoms with Crippen molar-refractivity contribution in [2.75, 3.05) is 39.4 Å². The van der Waals surface area contributed by atoms with Gasteiger partial charge in [0.15, 0.2) is 5.65 Å². The molecule has 5 rings (SSSR count). The van der Waals surface area contributed by atoms with E-state index in [0.29, 0.717) is 41.3 Å². The zero-order valence-corrected chi connectivity index (χ0v) is 20.0. The van der Waals surface area contributed by atoms with Crippen LogP contribution in [0.3, 0.4) is 0 Å². The molecule has 35 heavy (non-hydrogen) atoms. The summed E-state index contributed by atoms with van der Waals surface area (Å²) in [5.74, 6) is 0.215. The smallest absolute Gasteiger partial charge is 0.333 e. The number of pyridine rings is 1. The Morgan fingerprint density at radius 3 is 2.69 bits per heavy atom. The van der Waals surface area contributed by atoms with Gasteiger partial charge in [-0.1, -0.05) is 6.92 Å². The number of aryl methyl sites for hydroxylation is 1. The number of hydrogen-bond donors (Lipinski definition) is 2. The Morgan fingerprint density at radius 1 is 1.20 bits per heavy atom. The lowest BCUT2D eigenvalue weighted by Crippen LogP contribution is -2.39. The molecule has 3 aromatic heterocycles. The highest BCUT2D eigenvalue weighted by molar-refractivity contribution is 5.92. The number of hydrogen-bond acceptors (Lipinski definition) is 7. The van der Waals surface area contributed by atoms with Crippen LogP contribution in [0.25, 0.3) is 22.6 Å². The number of aromatic amines is 1. The number of imidazole rings is 1. The molecule has 186 valence electrons. The normalized spacial score (nSPS) is 16.6. The lowest BCUT2D eigenvalue weighted by molar-refractivity contribution is 0.0374. The van der Waals surface area contributed by atoms with E-state index < -0.39 is 0 Å². The zero-order chi connectivity index (χ0) is 24.4. The first-order valence-electron chi connectivity index (χ1n) is 12.4. The summed E-state index contributed by atoms with van der Waals surface area (Å²) in [6, 6.07) is 3.36. The molecule has 1 aliphatic carbocycles. The van der Waals surface area contributed by atoms with Crippen molar-refractivity contribution in [3.05, 3.63) is 44.9 Å². The zero-order valence-electron chi connectivity index (χ0n) is 20.0. The van der Waals surface area contributed by atoms with Crippen LogP contribution >= 0.6 is 0 Å². The minimum atomic E-state index is -0.334. The number of carbonyl (C=O) groups is 1. The van der Waals surface area contributed by atoms with Gasteiger partial charge in [0.05, 0.1) is 13.2 Å². The van der Waals surface area contributed by atoms with Gasteiger partial charge in [-0.15, -0.1) is 0 Å². The molecule has 1 saturated heterocycles. The second-order valence-corrected chi connectivity index (χ2v) is 9.12. The Labute approximate surface area is 202 Å². The number of H-pyrrole nitrogens is 1. The first kappa shape index (κ1) is 23.4. The number of nitrogens with one attached hydrogen (secondary N) is 2. The van der Waals surface area contributed by atoms with E-state index in [2.05, 4.69) is 25.2 Å². The molecule has 0 bridgehead atoms. The summed E-state index contributed by atoms with van der Waals surface area (Å²) >= 11 is 0. The molecular formula is C24H31N7O4. The van der Waals surface area contributed by atoms with Gasteiger partial charge in [0.1, 0.15) is 17.0 Å². The van der Waals surface area contributed by atoms with Gasteiger partial charge in [0.25, 0.3) is 11.5 Å². The number of carbonyl (C=O) groups excluding carboxylic acids is 1. The summed E-state index contributed by atoms with van der Waals surface area (Å²) in [5, 5.41) is 2.91. The Hall–Kier alpha value is -3.31. The maximum Gasteiger partial charge on any atom is 0.333 e. The molecule has 0 unspecified atom stereocenters. The fourth-order valence-corrected chi connectivity index (χ4v) is 4.44. The summed E-state index contributed by atoms with van der Waals surface area (Å²) in [4.78, 5) is 52.7. The molecule has 3 aromatic rings. The molecule has 2 fully saturated rings. The Bertz CT molecular complexity index is 1310. The topological polar surface area (TPSA) is 127 Å². The highest BCUT2D eigenvalue weighted by atomic mass is 16.5. The molecule has 11 nitrogen and oxygen atoms in total. The van der Waals surface area contributed by atoms with Gasteiger partial charge in [0, 0.05) is 44.0 Å². The van der Waals surface area contributed by atoms with Gasteiger partial charge >= 0.3 is 5.69 Å². The van der Waals surface area contributed by atoms with Crippen molar-refractivity contribution >= 4 is 17.1 Å². The van der Waals surface area contributed by atoms with Crippen LogP contribution in [-0.2, 0) is 11.3 Å². The lowest BCUT2D eigenvalue weighted by Gasteiger charge is -2.26. The average Bonchev–Trinajstić information content (AvgIpc) is 3.61. The van der Waals surface area contributed by atoms with Crippen LogP contribution in [-0.4, -0.2) is 74.3 Å². The molecule has 2 N–H and O–H groups in total. The fraction of sp³-hybridized carbons (Fsp3) is 0.542. The number of ether oxygens (including phenoxy) is 1. The van der Waals surface area contributed by atoms with Crippen molar-refractivity contribution in [1.29, 1.82) is 0 Å². The van der Waals surface area contributed by atoms with E-state index in [1.165, 1.54) is 4.57 Å². The highest BCUT2D eigenvalue weighted by Gasteiger charge is 2.30. The summed E-state index contributed by atoms with van der Waals surface area (Å²) in [6.07, 6.45) is 4.85. The van der Waals surface area contributed by atoms with Crippen molar-refractivity contribution < 1.29 is 9.53 Å². The van der Waals surface area contributed by atoms with Crippen LogP contribution in [0.4, 0.5) is 0 Å². The van der Waals surface area contributed by atoms with Gasteiger partial charge in [-0.3, -0.25) is 28.6 Å². The van der Waals surface area contributed by atoms with Gasteiger partial charge in [0.2, 0.25) is 0 Å². The second-order valence-electron chi connectivity index (χ2n) is 9.12. The highest BCUT2D eigenvalue weighted by Crippen LogP contribution is 2.32. The maximum absolute atomic E-state index is 13.0. The SMILES string of the molecule is CCCn1c(=O)n(C2CC2)c(=O)c2[nH]c(-c3ccc(C(=O)NCCCN4CCOCC4)nc3)nc21. The third-order valence-electron chi connectivity index (χ3n) is 6.48. The molecule has 0 spiro atoms. The average molecular weight is 482 g/mol. The minimum Gasteiger partial charge on any atom is -0.379 e. The van der Waals surface area contributed by atoms with E-state index >= 15 is 0 Å². The third kappa shape index (κ3) is 4.92. The van der Waals surface area contributed by atoms with E-state index in [9.17, 15) is 14.4 Å². The fourth-order valence-electron chi connectivity index (χ4n) is 4.44. The Balaban J connectivity index is 1.30. The van der Waals surface area contributed by atoms with Crippen LogP contribution in [0, 0.1) is 0 Å². The van der Waals surface area contributed by atoms with E-state index in [4.69, 9.17) is 4.74 Å². The van der Waals surface area contributed by atoms with Crippen LogP contribution in [0.2, 0.25) is 0 Å². The van der Waals surface area contributed by atoms with Crippen molar-refractivity contribution in [2.45, 2.75) is 45.2 Å². The van der Waals surface area contributed by atoms with Crippen molar-refractivity contribution in [2.24, 2.45) is 0 Å². The molecule has 1 amide bonds. The Kier molecular flexibility index (Phi) is 6.78. The first-order valence-corrected chi connectivity index (χ1v) is 12.4. The lowest BCUT2D eigenvalue weighted by atomic mass is 10.2.